The molecule has 0 bridgehead atoms. The molecule has 0 radical (unpaired) electrons. The van der Waals surface area contributed by atoms with E-state index in [-0.39, 0.29) is 18.5 Å². The van der Waals surface area contributed by atoms with Crippen molar-refractivity contribution in [2.45, 2.75) is 18.9 Å². The van der Waals surface area contributed by atoms with E-state index in [1.807, 2.05) is 0 Å². The number of carbonyl (C=O) groups excluding carboxylic acids is 1. The number of hydrogen-bond donors (Lipinski definition) is 2. The molecule has 6 nitrogen and oxygen atoms in total. The molecule has 0 aromatic rings. The fourth-order valence-corrected chi connectivity index (χ4v) is 2.75. The van der Waals surface area contributed by atoms with Crippen LogP contribution in [0, 0.1) is 12.3 Å². The van der Waals surface area contributed by atoms with Crippen LogP contribution in [0.4, 0.5) is 0 Å². The second-order valence-electron chi connectivity index (χ2n) is 4.38. The number of rotatable bonds is 5. The third-order valence-corrected chi connectivity index (χ3v) is 3.42. The quantitative estimate of drug-likeness (QED) is 0.484. The minimum atomic E-state index is -3.22. The van der Waals surface area contributed by atoms with E-state index >= 15 is 0 Å². The van der Waals surface area contributed by atoms with Crippen molar-refractivity contribution in [3.63, 3.8) is 0 Å². The van der Waals surface area contributed by atoms with E-state index in [9.17, 15) is 13.2 Å². The number of carbonyl (C=O) groups is 1. The molecular formula is C11H19N3O3S. The fraction of sp³-hybridized carbons (Fsp3) is 0.727. The summed E-state index contributed by atoms with van der Waals surface area (Å²) in [6.45, 7) is 1.63. The van der Waals surface area contributed by atoms with Crippen molar-refractivity contribution in [1.29, 1.82) is 0 Å². The highest BCUT2D eigenvalue weighted by atomic mass is 32.2. The SMILES string of the molecule is C#CCNCC(=O)N1CCCC(NS(C)(=O)=O)C1. The van der Waals surface area contributed by atoms with Gasteiger partial charge in [-0.1, -0.05) is 5.92 Å². The van der Waals surface area contributed by atoms with Gasteiger partial charge in [-0.3, -0.25) is 10.1 Å². The molecule has 2 N–H and O–H groups in total. The molecule has 1 saturated heterocycles. The van der Waals surface area contributed by atoms with Crippen LogP contribution in [0.25, 0.3) is 0 Å². The lowest BCUT2D eigenvalue weighted by molar-refractivity contribution is -0.131. The predicted molar refractivity (Wildman–Crippen MR) is 69.3 cm³/mol. The van der Waals surface area contributed by atoms with E-state index in [4.69, 9.17) is 6.42 Å². The summed E-state index contributed by atoms with van der Waals surface area (Å²) >= 11 is 0. The summed E-state index contributed by atoms with van der Waals surface area (Å²) in [6, 6.07) is -0.190. The minimum absolute atomic E-state index is 0.0507. The zero-order valence-electron chi connectivity index (χ0n) is 10.5. The van der Waals surface area contributed by atoms with Crippen LogP contribution < -0.4 is 10.0 Å². The Hall–Kier alpha value is -1.10. The monoisotopic (exact) mass is 273 g/mol. The number of terminal acetylenes is 1. The van der Waals surface area contributed by atoms with Gasteiger partial charge in [-0.05, 0) is 12.8 Å². The summed E-state index contributed by atoms with van der Waals surface area (Å²) in [6.07, 6.45) is 7.76. The molecule has 1 heterocycles. The maximum Gasteiger partial charge on any atom is 0.236 e. The Labute approximate surface area is 108 Å². The number of hydrogen-bond acceptors (Lipinski definition) is 4. The predicted octanol–water partition coefficient (Wildman–Crippen LogP) is -1.25. The third-order valence-electron chi connectivity index (χ3n) is 2.66. The average molecular weight is 273 g/mol. The highest BCUT2D eigenvalue weighted by molar-refractivity contribution is 7.88. The van der Waals surface area contributed by atoms with E-state index in [1.165, 1.54) is 0 Å². The first kappa shape index (κ1) is 15.0. The van der Waals surface area contributed by atoms with E-state index in [1.54, 1.807) is 4.90 Å². The highest BCUT2D eigenvalue weighted by Crippen LogP contribution is 2.10. The number of amides is 1. The van der Waals surface area contributed by atoms with Crippen LogP contribution in [0.2, 0.25) is 0 Å². The van der Waals surface area contributed by atoms with Gasteiger partial charge in [0, 0.05) is 19.1 Å². The van der Waals surface area contributed by atoms with Crippen LogP contribution >= 0.6 is 0 Å². The molecule has 0 aromatic heterocycles. The smallest absolute Gasteiger partial charge is 0.236 e. The zero-order chi connectivity index (χ0) is 13.6. The van der Waals surface area contributed by atoms with Crippen LogP contribution in [-0.4, -0.2) is 57.7 Å². The third kappa shape index (κ3) is 5.49. The van der Waals surface area contributed by atoms with Gasteiger partial charge in [-0.2, -0.15) is 0 Å². The van der Waals surface area contributed by atoms with Crippen molar-refractivity contribution in [2.24, 2.45) is 0 Å². The molecular weight excluding hydrogens is 254 g/mol. The average Bonchev–Trinajstić information content (AvgIpc) is 2.27. The molecule has 7 heteroatoms. The largest absolute Gasteiger partial charge is 0.340 e. The van der Waals surface area contributed by atoms with E-state index in [0.717, 1.165) is 19.1 Å². The summed E-state index contributed by atoms with van der Waals surface area (Å²) in [7, 11) is -3.22. The van der Waals surface area contributed by atoms with Crippen molar-refractivity contribution >= 4 is 15.9 Å². The molecule has 102 valence electrons. The molecule has 0 spiro atoms. The first-order chi connectivity index (χ1) is 8.42. The Bertz CT molecular complexity index is 427. The van der Waals surface area contributed by atoms with E-state index < -0.39 is 10.0 Å². The molecule has 0 aliphatic carbocycles. The second kappa shape index (κ2) is 6.73. The first-order valence-electron chi connectivity index (χ1n) is 5.81. The first-order valence-corrected chi connectivity index (χ1v) is 7.71. The Morgan fingerprint density at radius 3 is 2.89 bits per heavy atom. The van der Waals surface area contributed by atoms with Crippen LogP contribution in [-0.2, 0) is 14.8 Å². The van der Waals surface area contributed by atoms with Gasteiger partial charge in [-0.25, -0.2) is 13.1 Å². The van der Waals surface area contributed by atoms with Gasteiger partial charge in [0.2, 0.25) is 15.9 Å². The topological polar surface area (TPSA) is 78.5 Å². The maximum absolute atomic E-state index is 11.8. The number of nitrogens with zero attached hydrogens (tertiary/aromatic N) is 1. The molecule has 1 unspecified atom stereocenters. The summed E-state index contributed by atoms with van der Waals surface area (Å²) in [5.74, 6) is 2.34. The highest BCUT2D eigenvalue weighted by Gasteiger charge is 2.24. The molecule has 0 saturated carbocycles. The van der Waals surface area contributed by atoms with Crippen molar-refractivity contribution in [3.8, 4) is 12.3 Å². The molecule has 0 aromatic carbocycles. The van der Waals surface area contributed by atoms with Gasteiger partial charge in [0.1, 0.15) is 0 Å². The Kier molecular flexibility index (Phi) is 5.59. The molecule has 1 amide bonds. The molecule has 18 heavy (non-hydrogen) atoms. The van der Waals surface area contributed by atoms with Crippen molar-refractivity contribution in [3.05, 3.63) is 0 Å². The van der Waals surface area contributed by atoms with Gasteiger partial charge in [0.05, 0.1) is 19.3 Å². The Morgan fingerprint density at radius 1 is 1.56 bits per heavy atom. The van der Waals surface area contributed by atoms with Crippen LogP contribution in [0.3, 0.4) is 0 Å². The van der Waals surface area contributed by atoms with Gasteiger partial charge in [0.25, 0.3) is 0 Å². The van der Waals surface area contributed by atoms with Crippen molar-refractivity contribution in [1.82, 2.24) is 14.9 Å². The van der Waals surface area contributed by atoms with E-state index in [0.29, 0.717) is 19.6 Å². The number of nitrogens with one attached hydrogen (secondary N) is 2. The molecule has 1 fully saturated rings. The summed E-state index contributed by atoms with van der Waals surface area (Å²) in [4.78, 5) is 13.5. The normalized spacial score (nSPS) is 20.4. The standard InChI is InChI=1S/C11H19N3O3S/c1-3-6-12-8-11(15)14-7-4-5-10(9-14)13-18(2,16)17/h1,10,12-13H,4-9H2,2H3. The summed E-state index contributed by atoms with van der Waals surface area (Å²) in [5.41, 5.74) is 0. The molecule has 1 aliphatic heterocycles. The molecule has 1 aliphatic rings. The van der Waals surface area contributed by atoms with Crippen LogP contribution in [0.15, 0.2) is 0 Å². The summed E-state index contributed by atoms with van der Waals surface area (Å²) in [5, 5.41) is 2.83. The second-order valence-corrected chi connectivity index (χ2v) is 6.16. The minimum Gasteiger partial charge on any atom is -0.340 e. The lowest BCUT2D eigenvalue weighted by Gasteiger charge is -2.32. The van der Waals surface area contributed by atoms with Gasteiger partial charge >= 0.3 is 0 Å². The van der Waals surface area contributed by atoms with E-state index in [2.05, 4.69) is 16.0 Å². The van der Waals surface area contributed by atoms with Crippen molar-refractivity contribution < 1.29 is 13.2 Å². The zero-order valence-corrected chi connectivity index (χ0v) is 11.3. The number of sulfonamides is 1. The lowest BCUT2D eigenvalue weighted by Crippen LogP contribution is -2.51. The Morgan fingerprint density at radius 2 is 2.28 bits per heavy atom. The summed E-state index contributed by atoms with van der Waals surface area (Å²) < 4.78 is 24.8. The van der Waals surface area contributed by atoms with Crippen LogP contribution in [0.5, 0.6) is 0 Å². The van der Waals surface area contributed by atoms with Crippen molar-refractivity contribution in [2.75, 3.05) is 32.4 Å². The van der Waals surface area contributed by atoms with Gasteiger partial charge < -0.3 is 4.90 Å². The molecule has 1 rings (SSSR count). The van der Waals surface area contributed by atoms with Gasteiger partial charge in [0.15, 0.2) is 0 Å². The molecule has 1 atom stereocenters. The lowest BCUT2D eigenvalue weighted by atomic mass is 10.1. The maximum atomic E-state index is 11.8. The van der Waals surface area contributed by atoms with Gasteiger partial charge in [-0.15, -0.1) is 6.42 Å². The fourth-order valence-electron chi connectivity index (χ4n) is 1.96. The Balaban J connectivity index is 2.43. The number of likely N-dealkylation sites (tertiary alicyclic amines) is 1. The number of piperidine rings is 1. The van der Waals surface area contributed by atoms with Crippen LogP contribution in [0.1, 0.15) is 12.8 Å².